The molecule has 3 heteroatoms. The highest BCUT2D eigenvalue weighted by Gasteiger charge is 2.11. The van der Waals surface area contributed by atoms with Crippen LogP contribution in [0, 0.1) is 20.8 Å². The number of benzene rings is 2. The number of aryl methyl sites for hydroxylation is 3. The molecule has 0 aromatic heterocycles. The average Bonchev–Trinajstić information content (AvgIpc) is 2.42. The van der Waals surface area contributed by atoms with Gasteiger partial charge >= 0.3 is 0 Å². The zero-order valence-corrected chi connectivity index (χ0v) is 12.4. The summed E-state index contributed by atoms with van der Waals surface area (Å²) in [5.74, 6) is -0.0875. The Bertz CT molecular complexity index is 624. The number of hydrogen-bond donors (Lipinski definition) is 2. The van der Waals surface area contributed by atoms with Crippen molar-refractivity contribution in [3.8, 4) is 0 Å². The molecule has 0 aliphatic carbocycles. The fourth-order valence-corrected chi connectivity index (χ4v) is 2.44. The minimum atomic E-state index is -0.0875. The Balaban J connectivity index is 2.43. The van der Waals surface area contributed by atoms with Crippen molar-refractivity contribution >= 4 is 17.3 Å². The monoisotopic (exact) mass is 268 g/mol. The average molecular weight is 268 g/mol. The van der Waals surface area contributed by atoms with Gasteiger partial charge in [0.1, 0.15) is 0 Å². The molecule has 20 heavy (non-hydrogen) atoms. The molecule has 0 aliphatic rings. The molecule has 1 amide bonds. The number of amides is 1. The number of hydrogen-bond acceptors (Lipinski definition) is 2. The highest BCUT2D eigenvalue weighted by Crippen LogP contribution is 2.27. The van der Waals surface area contributed by atoms with Gasteiger partial charge in [-0.05, 0) is 44.0 Å². The summed E-state index contributed by atoms with van der Waals surface area (Å²) in [6, 6.07) is 11.8. The van der Waals surface area contributed by atoms with Crippen molar-refractivity contribution < 1.29 is 4.79 Å². The van der Waals surface area contributed by atoms with E-state index >= 15 is 0 Å². The topological polar surface area (TPSA) is 41.1 Å². The van der Waals surface area contributed by atoms with Crippen molar-refractivity contribution in [2.24, 2.45) is 0 Å². The fraction of sp³-hybridized carbons (Fsp3) is 0.235. The Hall–Kier alpha value is -2.29. The first-order valence-corrected chi connectivity index (χ1v) is 6.69. The molecule has 0 saturated heterocycles. The molecule has 0 radical (unpaired) electrons. The third kappa shape index (κ3) is 2.82. The van der Waals surface area contributed by atoms with E-state index in [-0.39, 0.29) is 5.91 Å². The molecule has 0 unspecified atom stereocenters. The molecule has 0 aliphatic heterocycles. The number of carbonyl (C=O) groups excluding carboxylic acids is 1. The SMILES string of the molecule is CNC(=O)c1ccccc1Nc1c(C)cc(C)cc1C. The van der Waals surface area contributed by atoms with Crippen LogP contribution in [0.4, 0.5) is 11.4 Å². The smallest absolute Gasteiger partial charge is 0.253 e. The Morgan fingerprint density at radius 1 is 1.00 bits per heavy atom. The standard InChI is InChI=1S/C17H20N2O/c1-11-9-12(2)16(13(3)10-11)19-15-8-6-5-7-14(15)17(20)18-4/h5-10,19H,1-4H3,(H,18,20). The first-order valence-electron chi connectivity index (χ1n) is 6.69. The summed E-state index contributed by atoms with van der Waals surface area (Å²) in [5, 5.41) is 6.06. The summed E-state index contributed by atoms with van der Waals surface area (Å²) in [6.07, 6.45) is 0. The Morgan fingerprint density at radius 2 is 1.60 bits per heavy atom. The first kappa shape index (κ1) is 14.1. The van der Waals surface area contributed by atoms with Crippen LogP contribution in [-0.2, 0) is 0 Å². The van der Waals surface area contributed by atoms with Crippen LogP contribution in [0.2, 0.25) is 0 Å². The van der Waals surface area contributed by atoms with E-state index in [0.717, 1.165) is 11.4 Å². The van der Waals surface area contributed by atoms with Crippen molar-refractivity contribution in [2.75, 3.05) is 12.4 Å². The maximum atomic E-state index is 11.9. The van der Waals surface area contributed by atoms with E-state index < -0.39 is 0 Å². The summed E-state index contributed by atoms with van der Waals surface area (Å²) in [6.45, 7) is 6.23. The molecule has 0 spiro atoms. The second-order valence-corrected chi connectivity index (χ2v) is 5.02. The van der Waals surface area contributed by atoms with E-state index in [1.807, 2.05) is 24.3 Å². The van der Waals surface area contributed by atoms with Crippen LogP contribution in [0.3, 0.4) is 0 Å². The maximum absolute atomic E-state index is 11.9. The third-order valence-electron chi connectivity index (χ3n) is 3.34. The molecular formula is C17H20N2O. The summed E-state index contributed by atoms with van der Waals surface area (Å²) in [7, 11) is 1.64. The fourth-order valence-electron chi connectivity index (χ4n) is 2.44. The van der Waals surface area contributed by atoms with Crippen molar-refractivity contribution in [1.82, 2.24) is 5.32 Å². The quantitative estimate of drug-likeness (QED) is 0.891. The normalized spacial score (nSPS) is 10.2. The molecule has 2 rings (SSSR count). The molecule has 0 bridgehead atoms. The van der Waals surface area contributed by atoms with Gasteiger partial charge in [0.05, 0.1) is 11.3 Å². The molecular weight excluding hydrogens is 248 g/mol. The Kier molecular flexibility index (Phi) is 4.08. The molecule has 0 heterocycles. The molecule has 0 saturated carbocycles. The number of carbonyl (C=O) groups is 1. The van der Waals surface area contributed by atoms with E-state index in [1.54, 1.807) is 7.05 Å². The van der Waals surface area contributed by atoms with Crippen LogP contribution < -0.4 is 10.6 Å². The number of anilines is 2. The van der Waals surface area contributed by atoms with Gasteiger partial charge in [-0.3, -0.25) is 4.79 Å². The molecule has 2 aromatic carbocycles. The largest absolute Gasteiger partial charge is 0.355 e. The molecule has 104 valence electrons. The van der Waals surface area contributed by atoms with Crippen LogP contribution in [0.25, 0.3) is 0 Å². The number of nitrogens with one attached hydrogen (secondary N) is 2. The van der Waals surface area contributed by atoms with Gasteiger partial charge in [-0.1, -0.05) is 29.8 Å². The van der Waals surface area contributed by atoms with Crippen LogP contribution in [-0.4, -0.2) is 13.0 Å². The van der Waals surface area contributed by atoms with Crippen molar-refractivity contribution in [3.05, 3.63) is 58.7 Å². The van der Waals surface area contributed by atoms with Gasteiger partial charge in [0.15, 0.2) is 0 Å². The Labute approximate surface area is 120 Å². The second kappa shape index (κ2) is 5.78. The van der Waals surface area contributed by atoms with E-state index in [0.29, 0.717) is 5.56 Å². The van der Waals surface area contributed by atoms with Gasteiger partial charge in [-0.15, -0.1) is 0 Å². The van der Waals surface area contributed by atoms with Crippen LogP contribution in [0.15, 0.2) is 36.4 Å². The highest BCUT2D eigenvalue weighted by atomic mass is 16.1. The van der Waals surface area contributed by atoms with Crippen molar-refractivity contribution in [3.63, 3.8) is 0 Å². The van der Waals surface area contributed by atoms with Gasteiger partial charge in [-0.2, -0.15) is 0 Å². The van der Waals surface area contributed by atoms with Gasteiger partial charge in [-0.25, -0.2) is 0 Å². The second-order valence-electron chi connectivity index (χ2n) is 5.02. The van der Waals surface area contributed by atoms with E-state index in [4.69, 9.17) is 0 Å². The van der Waals surface area contributed by atoms with Gasteiger partial charge < -0.3 is 10.6 Å². The minimum Gasteiger partial charge on any atom is -0.355 e. The lowest BCUT2D eigenvalue weighted by molar-refractivity contribution is 0.0964. The predicted octanol–water partition coefficient (Wildman–Crippen LogP) is 3.72. The van der Waals surface area contributed by atoms with Crippen molar-refractivity contribution in [1.29, 1.82) is 0 Å². The van der Waals surface area contributed by atoms with Crippen molar-refractivity contribution in [2.45, 2.75) is 20.8 Å². The predicted molar refractivity (Wildman–Crippen MR) is 83.8 cm³/mol. The van der Waals surface area contributed by atoms with Gasteiger partial charge in [0, 0.05) is 12.7 Å². The highest BCUT2D eigenvalue weighted by molar-refractivity contribution is 6.00. The first-order chi connectivity index (χ1) is 9.52. The lowest BCUT2D eigenvalue weighted by atomic mass is 10.0. The summed E-state index contributed by atoms with van der Waals surface area (Å²) in [5.41, 5.74) is 6.12. The van der Waals surface area contributed by atoms with E-state index in [9.17, 15) is 4.79 Å². The lowest BCUT2D eigenvalue weighted by Crippen LogP contribution is -2.19. The minimum absolute atomic E-state index is 0.0875. The zero-order valence-electron chi connectivity index (χ0n) is 12.4. The lowest BCUT2D eigenvalue weighted by Gasteiger charge is -2.16. The van der Waals surface area contributed by atoms with Crippen LogP contribution in [0.1, 0.15) is 27.0 Å². The zero-order chi connectivity index (χ0) is 14.7. The number of para-hydroxylation sites is 1. The summed E-state index contributed by atoms with van der Waals surface area (Å²) in [4.78, 5) is 11.9. The van der Waals surface area contributed by atoms with Gasteiger partial charge in [0.2, 0.25) is 0 Å². The molecule has 0 atom stereocenters. The molecule has 2 N–H and O–H groups in total. The molecule has 2 aromatic rings. The maximum Gasteiger partial charge on any atom is 0.253 e. The Morgan fingerprint density at radius 3 is 2.20 bits per heavy atom. The summed E-state index contributed by atoms with van der Waals surface area (Å²) < 4.78 is 0. The van der Waals surface area contributed by atoms with Gasteiger partial charge in [0.25, 0.3) is 5.91 Å². The van der Waals surface area contributed by atoms with Crippen LogP contribution in [0.5, 0.6) is 0 Å². The van der Waals surface area contributed by atoms with Crippen LogP contribution >= 0.6 is 0 Å². The molecule has 3 nitrogen and oxygen atoms in total. The number of rotatable bonds is 3. The summed E-state index contributed by atoms with van der Waals surface area (Å²) >= 11 is 0. The van der Waals surface area contributed by atoms with E-state index in [1.165, 1.54) is 16.7 Å². The molecule has 0 fully saturated rings. The van der Waals surface area contributed by atoms with E-state index in [2.05, 4.69) is 43.5 Å². The third-order valence-corrected chi connectivity index (χ3v) is 3.34.